The lowest BCUT2D eigenvalue weighted by Crippen LogP contribution is -2.38. The smallest absolute Gasteiger partial charge is 0.243 e. The first-order chi connectivity index (χ1) is 13.9. The molecule has 0 spiro atoms. The second-order valence-corrected chi connectivity index (χ2v) is 8.48. The maximum absolute atomic E-state index is 13.0. The van der Waals surface area contributed by atoms with Gasteiger partial charge in [0.05, 0.1) is 18.0 Å². The first kappa shape index (κ1) is 22.9. The standard InChI is InChI=1S/C22H30N2O4S/c1-5-17-10-9-11-18(6-2)22(17)23-21(25)16-24(7-3)29(26,27)20-14-12-19(13-15-20)28-8-4/h9-15H,5-8,16H2,1-4H3,(H,23,25). The number of anilines is 1. The quantitative estimate of drug-likeness (QED) is 0.636. The first-order valence-electron chi connectivity index (χ1n) is 10.0. The molecule has 29 heavy (non-hydrogen) atoms. The Hall–Kier alpha value is -2.38. The Bertz CT molecular complexity index is 902. The maximum atomic E-state index is 13.0. The molecule has 0 atom stereocenters. The highest BCUT2D eigenvalue weighted by molar-refractivity contribution is 7.89. The molecule has 0 aliphatic heterocycles. The van der Waals surface area contributed by atoms with E-state index in [1.165, 1.54) is 16.4 Å². The summed E-state index contributed by atoms with van der Waals surface area (Å²) in [4.78, 5) is 12.8. The lowest BCUT2D eigenvalue weighted by atomic mass is 10.0. The van der Waals surface area contributed by atoms with Gasteiger partial charge in [-0.1, -0.05) is 39.0 Å². The Morgan fingerprint density at radius 1 is 0.966 bits per heavy atom. The van der Waals surface area contributed by atoms with Crippen LogP contribution in [0.5, 0.6) is 5.75 Å². The molecule has 0 radical (unpaired) electrons. The average molecular weight is 419 g/mol. The highest BCUT2D eigenvalue weighted by Gasteiger charge is 2.25. The number of hydrogen-bond acceptors (Lipinski definition) is 4. The van der Waals surface area contributed by atoms with Crippen molar-refractivity contribution >= 4 is 21.6 Å². The Balaban J connectivity index is 2.19. The SMILES string of the molecule is CCOc1ccc(S(=O)(=O)N(CC)CC(=O)Nc2c(CC)cccc2CC)cc1. The van der Waals surface area contributed by atoms with Crippen LogP contribution in [0.4, 0.5) is 5.69 Å². The number of ether oxygens (including phenoxy) is 1. The molecular formula is C22H30N2O4S. The normalized spacial score (nSPS) is 11.5. The van der Waals surface area contributed by atoms with Crippen LogP contribution in [0.3, 0.4) is 0 Å². The van der Waals surface area contributed by atoms with E-state index < -0.39 is 10.0 Å². The number of rotatable bonds is 10. The summed E-state index contributed by atoms with van der Waals surface area (Å²) in [6.07, 6.45) is 1.57. The molecular weight excluding hydrogens is 388 g/mol. The number of amides is 1. The zero-order valence-corrected chi connectivity index (χ0v) is 18.4. The minimum atomic E-state index is -3.78. The maximum Gasteiger partial charge on any atom is 0.243 e. The van der Waals surface area contributed by atoms with Crippen LogP contribution >= 0.6 is 0 Å². The number of likely N-dealkylation sites (N-methyl/N-ethyl adjacent to an activating group) is 1. The Morgan fingerprint density at radius 3 is 2.03 bits per heavy atom. The summed E-state index contributed by atoms with van der Waals surface area (Å²) in [6, 6.07) is 12.2. The van der Waals surface area contributed by atoms with Gasteiger partial charge in [0.25, 0.3) is 0 Å². The van der Waals surface area contributed by atoms with Crippen molar-refractivity contribution in [2.75, 3.05) is 25.0 Å². The number of benzene rings is 2. The van der Waals surface area contributed by atoms with Crippen molar-refractivity contribution in [2.45, 2.75) is 45.4 Å². The largest absolute Gasteiger partial charge is 0.494 e. The fourth-order valence-electron chi connectivity index (χ4n) is 3.13. The van der Waals surface area contributed by atoms with Gasteiger partial charge in [-0.25, -0.2) is 8.42 Å². The number of nitrogens with zero attached hydrogens (tertiary/aromatic N) is 1. The molecule has 0 heterocycles. The predicted octanol–water partition coefficient (Wildman–Crippen LogP) is 3.86. The van der Waals surface area contributed by atoms with Gasteiger partial charge in [-0.15, -0.1) is 0 Å². The van der Waals surface area contributed by atoms with E-state index in [0.717, 1.165) is 29.7 Å². The molecule has 0 aliphatic rings. The van der Waals surface area contributed by atoms with Crippen LogP contribution < -0.4 is 10.1 Å². The minimum absolute atomic E-state index is 0.138. The van der Waals surface area contributed by atoms with Gasteiger partial charge in [-0.3, -0.25) is 4.79 Å². The van der Waals surface area contributed by atoms with E-state index in [1.807, 2.05) is 39.0 Å². The summed E-state index contributed by atoms with van der Waals surface area (Å²) in [7, 11) is -3.78. The summed E-state index contributed by atoms with van der Waals surface area (Å²) in [5.74, 6) is 0.257. The Kier molecular flexibility index (Phi) is 8.22. The summed E-state index contributed by atoms with van der Waals surface area (Å²) in [6.45, 7) is 8.09. The molecule has 0 saturated heterocycles. The molecule has 0 aromatic heterocycles. The van der Waals surface area contributed by atoms with Crippen molar-refractivity contribution in [3.63, 3.8) is 0 Å². The highest BCUT2D eigenvalue weighted by atomic mass is 32.2. The molecule has 2 rings (SSSR count). The minimum Gasteiger partial charge on any atom is -0.494 e. The fraction of sp³-hybridized carbons (Fsp3) is 0.409. The zero-order valence-electron chi connectivity index (χ0n) is 17.6. The Morgan fingerprint density at radius 2 is 1.55 bits per heavy atom. The van der Waals surface area contributed by atoms with Gasteiger partial charge in [-0.2, -0.15) is 4.31 Å². The van der Waals surface area contributed by atoms with Gasteiger partial charge in [-0.05, 0) is 55.2 Å². The van der Waals surface area contributed by atoms with Crippen LogP contribution in [-0.4, -0.2) is 38.3 Å². The number of para-hydroxylation sites is 1. The molecule has 1 N–H and O–H groups in total. The molecule has 0 aliphatic carbocycles. The summed E-state index contributed by atoms with van der Waals surface area (Å²) in [5.41, 5.74) is 2.86. The van der Waals surface area contributed by atoms with Gasteiger partial charge in [0.15, 0.2) is 0 Å². The third kappa shape index (κ3) is 5.58. The van der Waals surface area contributed by atoms with E-state index in [9.17, 15) is 13.2 Å². The van der Waals surface area contributed by atoms with Crippen molar-refractivity contribution in [2.24, 2.45) is 0 Å². The van der Waals surface area contributed by atoms with Crippen molar-refractivity contribution in [3.8, 4) is 5.75 Å². The number of nitrogens with one attached hydrogen (secondary N) is 1. The second kappa shape index (κ2) is 10.4. The third-order valence-corrected chi connectivity index (χ3v) is 6.64. The van der Waals surface area contributed by atoms with E-state index in [2.05, 4.69) is 5.32 Å². The number of sulfonamides is 1. The predicted molar refractivity (Wildman–Crippen MR) is 116 cm³/mol. The van der Waals surface area contributed by atoms with Gasteiger partial charge < -0.3 is 10.1 Å². The molecule has 0 bridgehead atoms. The summed E-state index contributed by atoms with van der Waals surface area (Å²) >= 11 is 0. The van der Waals surface area contributed by atoms with Gasteiger partial charge >= 0.3 is 0 Å². The molecule has 158 valence electrons. The molecule has 7 heteroatoms. The molecule has 1 amide bonds. The van der Waals surface area contributed by atoms with Crippen LogP contribution in [0.2, 0.25) is 0 Å². The molecule has 6 nitrogen and oxygen atoms in total. The van der Waals surface area contributed by atoms with Crippen molar-refractivity contribution in [1.29, 1.82) is 0 Å². The molecule has 2 aromatic rings. The van der Waals surface area contributed by atoms with E-state index in [0.29, 0.717) is 12.4 Å². The molecule has 0 saturated carbocycles. The first-order valence-corrected chi connectivity index (χ1v) is 11.4. The second-order valence-electron chi connectivity index (χ2n) is 6.54. The van der Waals surface area contributed by atoms with Crippen molar-refractivity contribution in [3.05, 3.63) is 53.6 Å². The summed E-state index contributed by atoms with van der Waals surface area (Å²) < 4.78 is 32.5. The van der Waals surface area contributed by atoms with Crippen molar-refractivity contribution in [1.82, 2.24) is 4.31 Å². The topological polar surface area (TPSA) is 75.7 Å². The van der Waals surface area contributed by atoms with Crippen molar-refractivity contribution < 1.29 is 17.9 Å². The van der Waals surface area contributed by atoms with Crippen LogP contribution in [-0.2, 0) is 27.7 Å². The molecule has 0 unspecified atom stereocenters. The Labute approximate surface area is 173 Å². The molecule has 0 fully saturated rings. The highest BCUT2D eigenvalue weighted by Crippen LogP contribution is 2.23. The monoisotopic (exact) mass is 418 g/mol. The van der Waals surface area contributed by atoms with Crippen LogP contribution in [0, 0.1) is 0 Å². The van der Waals surface area contributed by atoms with E-state index >= 15 is 0 Å². The van der Waals surface area contributed by atoms with E-state index in [-0.39, 0.29) is 23.9 Å². The number of carbonyl (C=O) groups excluding carboxylic acids is 1. The third-order valence-electron chi connectivity index (χ3n) is 4.71. The lowest BCUT2D eigenvalue weighted by molar-refractivity contribution is -0.116. The van der Waals surface area contributed by atoms with Crippen LogP contribution in [0.25, 0.3) is 0 Å². The van der Waals surface area contributed by atoms with Crippen LogP contribution in [0.15, 0.2) is 47.4 Å². The lowest BCUT2D eigenvalue weighted by Gasteiger charge is -2.21. The summed E-state index contributed by atoms with van der Waals surface area (Å²) in [5, 5.41) is 2.93. The number of carbonyl (C=O) groups is 1. The van der Waals surface area contributed by atoms with Gasteiger partial charge in [0, 0.05) is 12.2 Å². The number of aryl methyl sites for hydroxylation is 2. The molecule has 2 aromatic carbocycles. The van der Waals surface area contributed by atoms with Gasteiger partial charge in [0.2, 0.25) is 15.9 Å². The van der Waals surface area contributed by atoms with Crippen LogP contribution in [0.1, 0.15) is 38.8 Å². The fourth-order valence-corrected chi connectivity index (χ4v) is 4.54. The van der Waals surface area contributed by atoms with E-state index in [1.54, 1.807) is 19.1 Å². The van der Waals surface area contributed by atoms with Gasteiger partial charge in [0.1, 0.15) is 5.75 Å². The van der Waals surface area contributed by atoms with E-state index in [4.69, 9.17) is 4.74 Å². The zero-order chi connectivity index (χ0) is 21.4. The number of hydrogen-bond donors (Lipinski definition) is 1. The average Bonchev–Trinajstić information content (AvgIpc) is 2.72.